The van der Waals surface area contributed by atoms with Gasteiger partial charge in [0.25, 0.3) is 0 Å². The van der Waals surface area contributed by atoms with Crippen molar-refractivity contribution in [1.82, 2.24) is 9.97 Å². The Labute approximate surface area is 184 Å². The van der Waals surface area contributed by atoms with Gasteiger partial charge in [0.15, 0.2) is 0 Å². The summed E-state index contributed by atoms with van der Waals surface area (Å²) < 4.78 is 6.10. The Balaban J connectivity index is 1.39. The van der Waals surface area contributed by atoms with E-state index in [4.69, 9.17) is 16.2 Å². The number of nitrogens with two attached hydrogens (primary N) is 2. The lowest BCUT2D eigenvalue weighted by Gasteiger charge is -2.11. The summed E-state index contributed by atoms with van der Waals surface area (Å²) in [5.41, 5.74) is 13.0. The number of hydrogen-bond donors (Lipinski definition) is 2. The number of ether oxygens (including phenoxy) is 1. The quantitative estimate of drug-likeness (QED) is 0.459. The van der Waals surface area contributed by atoms with Crippen molar-refractivity contribution in [1.29, 1.82) is 0 Å². The van der Waals surface area contributed by atoms with Crippen LogP contribution in [0.15, 0.2) is 79.1 Å². The first-order valence-electron chi connectivity index (χ1n) is 10.2. The van der Waals surface area contributed by atoms with Crippen LogP contribution < -0.4 is 16.2 Å². The monoisotopic (exact) mass is 424 g/mol. The molecule has 1 fully saturated rings. The van der Waals surface area contributed by atoms with E-state index in [2.05, 4.69) is 9.97 Å². The molecule has 4 aromatic rings. The van der Waals surface area contributed by atoms with Crippen molar-refractivity contribution < 1.29 is 14.3 Å². The third kappa shape index (κ3) is 3.24. The van der Waals surface area contributed by atoms with E-state index in [1.165, 1.54) is 0 Å². The van der Waals surface area contributed by atoms with Crippen LogP contribution in [0.3, 0.4) is 0 Å². The number of hydrogen-bond acceptors (Lipinski definition) is 5. The standard InChI is InChI=1S/C25H20N4O3/c26-23(30)25(24(27)31)14-19(25)15-4-7-17(8-5-15)32-22-10-12-29-21-13-16(6-9-18(21)22)20-3-1-2-11-28-20/h1-13,19H,14H2,(H2,26,30)(H2,27,31). The lowest BCUT2D eigenvalue weighted by Crippen LogP contribution is -2.38. The second-order valence-electron chi connectivity index (χ2n) is 7.88. The third-order valence-electron chi connectivity index (χ3n) is 6.01. The van der Waals surface area contributed by atoms with Crippen LogP contribution in [0.4, 0.5) is 0 Å². The summed E-state index contributed by atoms with van der Waals surface area (Å²) in [6, 6.07) is 20.8. The van der Waals surface area contributed by atoms with E-state index in [1.54, 1.807) is 24.5 Å². The summed E-state index contributed by atoms with van der Waals surface area (Å²) in [5.74, 6) is -0.351. The molecule has 1 saturated carbocycles. The molecule has 1 atom stereocenters. The number of aromatic nitrogens is 2. The van der Waals surface area contributed by atoms with Crippen molar-refractivity contribution in [2.24, 2.45) is 16.9 Å². The van der Waals surface area contributed by atoms with Gasteiger partial charge in [-0.2, -0.15) is 0 Å². The van der Waals surface area contributed by atoms with Gasteiger partial charge in [-0.05, 0) is 54.4 Å². The molecule has 7 heteroatoms. The highest BCUT2D eigenvalue weighted by molar-refractivity contribution is 6.08. The van der Waals surface area contributed by atoms with Crippen LogP contribution in [0, 0.1) is 5.41 Å². The number of nitrogens with zero attached hydrogens (tertiary/aromatic N) is 2. The normalized spacial score (nSPS) is 16.4. The third-order valence-corrected chi connectivity index (χ3v) is 6.01. The van der Waals surface area contributed by atoms with E-state index in [0.29, 0.717) is 17.9 Å². The highest BCUT2D eigenvalue weighted by Gasteiger charge is 2.64. The van der Waals surface area contributed by atoms with E-state index < -0.39 is 17.2 Å². The highest BCUT2D eigenvalue weighted by Crippen LogP contribution is 2.59. The molecule has 4 N–H and O–H groups in total. The van der Waals surface area contributed by atoms with Crippen molar-refractivity contribution in [2.45, 2.75) is 12.3 Å². The van der Waals surface area contributed by atoms with E-state index in [1.807, 2.05) is 54.6 Å². The van der Waals surface area contributed by atoms with Crippen molar-refractivity contribution in [2.75, 3.05) is 0 Å². The minimum absolute atomic E-state index is 0.293. The Morgan fingerprint density at radius 1 is 0.906 bits per heavy atom. The lowest BCUT2D eigenvalue weighted by molar-refractivity contribution is -0.133. The second-order valence-corrected chi connectivity index (χ2v) is 7.88. The zero-order valence-corrected chi connectivity index (χ0v) is 17.1. The molecule has 1 unspecified atom stereocenters. The van der Waals surface area contributed by atoms with Crippen molar-refractivity contribution in [3.63, 3.8) is 0 Å². The molecule has 2 amide bonds. The molecule has 1 aliphatic rings. The average molecular weight is 424 g/mol. The van der Waals surface area contributed by atoms with Crippen molar-refractivity contribution >= 4 is 22.7 Å². The maximum Gasteiger partial charge on any atom is 0.233 e. The van der Waals surface area contributed by atoms with Gasteiger partial charge in [0, 0.05) is 29.3 Å². The first-order chi connectivity index (χ1) is 15.5. The molecule has 5 rings (SSSR count). The van der Waals surface area contributed by atoms with E-state index in [-0.39, 0.29) is 5.92 Å². The molecule has 0 bridgehead atoms. The maximum atomic E-state index is 11.7. The van der Waals surface area contributed by atoms with Gasteiger partial charge in [-0.1, -0.05) is 24.3 Å². The minimum atomic E-state index is -1.28. The molecule has 0 spiro atoms. The first-order valence-corrected chi connectivity index (χ1v) is 10.2. The molecule has 2 aromatic heterocycles. The van der Waals surface area contributed by atoms with Crippen LogP contribution in [0.5, 0.6) is 11.5 Å². The summed E-state index contributed by atoms with van der Waals surface area (Å²) in [7, 11) is 0. The number of amides is 2. The van der Waals surface area contributed by atoms with Crippen LogP contribution in [0.25, 0.3) is 22.2 Å². The van der Waals surface area contributed by atoms with Crippen LogP contribution in [-0.4, -0.2) is 21.8 Å². The summed E-state index contributed by atoms with van der Waals surface area (Å²) in [6.45, 7) is 0. The number of carbonyl (C=O) groups excluding carboxylic acids is 2. The Kier molecular flexibility index (Phi) is 4.59. The maximum absolute atomic E-state index is 11.7. The molecule has 1 aliphatic carbocycles. The molecule has 158 valence electrons. The highest BCUT2D eigenvalue weighted by atomic mass is 16.5. The van der Waals surface area contributed by atoms with Gasteiger partial charge in [-0.25, -0.2) is 0 Å². The fourth-order valence-corrected chi connectivity index (χ4v) is 4.13. The SMILES string of the molecule is NC(=O)C1(C(N)=O)CC1c1ccc(Oc2ccnc3cc(-c4ccccn4)ccc23)cc1. The van der Waals surface area contributed by atoms with Crippen LogP contribution in [0.2, 0.25) is 0 Å². The molecule has 32 heavy (non-hydrogen) atoms. The first kappa shape index (κ1) is 19.7. The number of pyridine rings is 2. The van der Waals surface area contributed by atoms with Gasteiger partial charge in [-0.3, -0.25) is 19.6 Å². The summed E-state index contributed by atoms with van der Waals surface area (Å²) in [4.78, 5) is 32.3. The Hall–Kier alpha value is -4.26. The van der Waals surface area contributed by atoms with Gasteiger partial charge >= 0.3 is 0 Å². The number of fused-ring (bicyclic) bond motifs is 1. The summed E-state index contributed by atoms with van der Waals surface area (Å²) in [6.07, 6.45) is 3.80. The van der Waals surface area contributed by atoms with Gasteiger partial charge in [0.1, 0.15) is 16.9 Å². The van der Waals surface area contributed by atoms with Crippen LogP contribution in [0.1, 0.15) is 17.9 Å². The Morgan fingerprint density at radius 2 is 1.69 bits per heavy atom. The topological polar surface area (TPSA) is 121 Å². The van der Waals surface area contributed by atoms with Crippen LogP contribution >= 0.6 is 0 Å². The largest absolute Gasteiger partial charge is 0.457 e. The molecule has 2 heterocycles. The van der Waals surface area contributed by atoms with Crippen LogP contribution in [-0.2, 0) is 9.59 Å². The number of benzene rings is 2. The molecule has 0 aliphatic heterocycles. The fraction of sp³-hybridized carbons (Fsp3) is 0.120. The van der Waals surface area contributed by atoms with Gasteiger partial charge in [-0.15, -0.1) is 0 Å². The van der Waals surface area contributed by atoms with E-state index in [0.717, 1.165) is 27.7 Å². The predicted molar refractivity (Wildman–Crippen MR) is 120 cm³/mol. The molecule has 0 radical (unpaired) electrons. The zero-order chi connectivity index (χ0) is 22.3. The Morgan fingerprint density at radius 3 is 2.34 bits per heavy atom. The Bertz CT molecular complexity index is 1320. The van der Waals surface area contributed by atoms with Crippen molar-refractivity contribution in [3.05, 3.63) is 84.7 Å². The number of rotatable bonds is 6. The fourth-order valence-electron chi connectivity index (χ4n) is 4.13. The average Bonchev–Trinajstić information content (AvgIpc) is 3.58. The number of carbonyl (C=O) groups is 2. The molecule has 0 saturated heterocycles. The molecule has 2 aromatic carbocycles. The van der Waals surface area contributed by atoms with Gasteiger partial charge in [0.05, 0.1) is 11.2 Å². The summed E-state index contributed by atoms with van der Waals surface area (Å²) in [5, 5.41) is 0.875. The van der Waals surface area contributed by atoms with Gasteiger partial charge in [0.2, 0.25) is 11.8 Å². The second kappa shape index (κ2) is 7.46. The van der Waals surface area contributed by atoms with E-state index >= 15 is 0 Å². The number of primary amides is 2. The zero-order valence-electron chi connectivity index (χ0n) is 17.1. The molecular formula is C25H20N4O3. The smallest absolute Gasteiger partial charge is 0.233 e. The van der Waals surface area contributed by atoms with Gasteiger partial charge < -0.3 is 16.2 Å². The predicted octanol–water partition coefficient (Wildman–Crippen LogP) is 3.53. The lowest BCUT2D eigenvalue weighted by atomic mass is 9.97. The van der Waals surface area contributed by atoms with Crippen molar-refractivity contribution in [3.8, 4) is 22.8 Å². The van der Waals surface area contributed by atoms with E-state index in [9.17, 15) is 9.59 Å². The molecular weight excluding hydrogens is 404 g/mol. The summed E-state index contributed by atoms with van der Waals surface area (Å²) >= 11 is 0. The minimum Gasteiger partial charge on any atom is -0.457 e. The molecule has 7 nitrogen and oxygen atoms in total.